The van der Waals surface area contributed by atoms with Crippen molar-refractivity contribution in [3.8, 4) is 0 Å². The molecule has 0 amide bonds. The Morgan fingerprint density at radius 1 is 1.00 bits per heavy atom. The summed E-state index contributed by atoms with van der Waals surface area (Å²) in [5.41, 5.74) is 3.23. The number of Topliss-reactive ketones (excluding diaryl/α,β-unsaturated/α-hetero) is 1. The Kier molecular flexibility index (Phi) is 4.71. The number of hydrogen-bond acceptors (Lipinski definition) is 5. The Balaban J connectivity index is 1.79. The summed E-state index contributed by atoms with van der Waals surface area (Å²) in [6, 6.07) is 11.5. The molecule has 1 aromatic heterocycles. The van der Waals surface area contributed by atoms with Crippen LogP contribution < -0.4 is 5.43 Å². The fourth-order valence-electron chi connectivity index (χ4n) is 3.10. The second-order valence-electron chi connectivity index (χ2n) is 6.24. The molecule has 2 aromatic carbocycles. The van der Waals surface area contributed by atoms with Gasteiger partial charge in [0.25, 0.3) is 0 Å². The first-order valence-corrected chi connectivity index (χ1v) is 8.18. The molecule has 0 aliphatic carbocycles. The number of hydrogen-bond donors (Lipinski definition) is 0. The summed E-state index contributed by atoms with van der Waals surface area (Å²) < 4.78 is 10.5. The Labute approximate surface area is 150 Å². The van der Waals surface area contributed by atoms with E-state index < -0.39 is 12.6 Å². The number of aryl methyl sites for hydroxylation is 3. The van der Waals surface area contributed by atoms with Gasteiger partial charge in [-0.2, -0.15) is 0 Å². The molecule has 0 aliphatic rings. The van der Waals surface area contributed by atoms with Crippen molar-refractivity contribution < 1.29 is 18.7 Å². The Morgan fingerprint density at radius 2 is 1.65 bits per heavy atom. The van der Waals surface area contributed by atoms with Gasteiger partial charge in [0, 0.05) is 11.6 Å². The number of rotatable bonds is 4. The minimum atomic E-state index is -0.844. The lowest BCUT2D eigenvalue weighted by molar-refractivity contribution is 0.0444. The predicted octanol–water partition coefficient (Wildman–Crippen LogP) is 3.76. The molecule has 0 bridgehead atoms. The smallest absolute Gasteiger partial charge is 0.374 e. The van der Waals surface area contributed by atoms with Crippen LogP contribution in [0.25, 0.3) is 11.0 Å². The first-order chi connectivity index (χ1) is 12.4. The molecule has 0 atom stereocenters. The summed E-state index contributed by atoms with van der Waals surface area (Å²) in [5, 5.41) is 0.381. The lowest BCUT2D eigenvalue weighted by atomic mass is 9.97. The highest BCUT2D eigenvalue weighted by atomic mass is 16.5. The van der Waals surface area contributed by atoms with E-state index >= 15 is 0 Å². The second kappa shape index (κ2) is 6.96. The molecule has 26 heavy (non-hydrogen) atoms. The summed E-state index contributed by atoms with van der Waals surface area (Å²) in [4.78, 5) is 36.7. The molecule has 0 aliphatic heterocycles. The zero-order valence-electron chi connectivity index (χ0n) is 14.8. The number of esters is 1. The summed E-state index contributed by atoms with van der Waals surface area (Å²) >= 11 is 0. The van der Waals surface area contributed by atoms with E-state index in [9.17, 15) is 14.4 Å². The molecule has 0 unspecified atom stereocenters. The van der Waals surface area contributed by atoms with Crippen LogP contribution in [0, 0.1) is 20.8 Å². The number of ether oxygens (including phenoxy) is 1. The third kappa shape index (κ3) is 3.42. The molecule has 0 fully saturated rings. The van der Waals surface area contributed by atoms with E-state index in [0.717, 1.165) is 22.8 Å². The largest absolute Gasteiger partial charge is 0.451 e. The SMILES string of the molecule is Cc1cc(C)c(C(=O)COC(=O)c2cc(=O)c3ccccc3o2)c(C)c1. The van der Waals surface area contributed by atoms with Crippen LogP contribution in [0.3, 0.4) is 0 Å². The summed E-state index contributed by atoms with van der Waals surface area (Å²) in [6.45, 7) is 5.23. The topological polar surface area (TPSA) is 73.6 Å². The Hall–Kier alpha value is -3.21. The Morgan fingerprint density at radius 3 is 2.35 bits per heavy atom. The maximum Gasteiger partial charge on any atom is 0.374 e. The van der Waals surface area contributed by atoms with Gasteiger partial charge in [-0.25, -0.2) is 4.79 Å². The van der Waals surface area contributed by atoms with Gasteiger partial charge in [-0.1, -0.05) is 29.8 Å². The van der Waals surface area contributed by atoms with Crippen molar-refractivity contribution in [1.29, 1.82) is 0 Å². The molecule has 0 saturated carbocycles. The van der Waals surface area contributed by atoms with Crippen molar-refractivity contribution in [3.63, 3.8) is 0 Å². The lowest BCUT2D eigenvalue weighted by Gasteiger charge is -2.10. The normalized spacial score (nSPS) is 10.7. The van der Waals surface area contributed by atoms with Crippen LogP contribution in [-0.2, 0) is 4.74 Å². The van der Waals surface area contributed by atoms with E-state index in [1.54, 1.807) is 24.3 Å². The summed E-state index contributed by atoms with van der Waals surface area (Å²) in [6.07, 6.45) is 0. The number of carbonyl (C=O) groups is 2. The van der Waals surface area contributed by atoms with Crippen LogP contribution in [0.1, 0.15) is 37.6 Å². The average molecular weight is 350 g/mol. The van der Waals surface area contributed by atoms with E-state index in [4.69, 9.17) is 9.15 Å². The fourth-order valence-corrected chi connectivity index (χ4v) is 3.10. The van der Waals surface area contributed by atoms with Crippen molar-refractivity contribution in [2.24, 2.45) is 0 Å². The molecule has 0 radical (unpaired) electrons. The maximum absolute atomic E-state index is 12.4. The van der Waals surface area contributed by atoms with Gasteiger partial charge in [0.1, 0.15) is 5.58 Å². The van der Waals surface area contributed by atoms with Crippen molar-refractivity contribution in [2.45, 2.75) is 20.8 Å². The van der Waals surface area contributed by atoms with Crippen molar-refractivity contribution >= 4 is 22.7 Å². The lowest BCUT2D eigenvalue weighted by Crippen LogP contribution is -2.17. The third-order valence-electron chi connectivity index (χ3n) is 4.13. The van der Waals surface area contributed by atoms with Gasteiger partial charge in [-0.15, -0.1) is 0 Å². The van der Waals surface area contributed by atoms with Crippen LogP contribution in [0.15, 0.2) is 51.7 Å². The first kappa shape index (κ1) is 17.6. The fraction of sp³-hybridized carbons (Fsp3) is 0.190. The maximum atomic E-state index is 12.4. The van der Waals surface area contributed by atoms with Gasteiger partial charge in [0.05, 0.1) is 5.39 Å². The number of ketones is 1. The first-order valence-electron chi connectivity index (χ1n) is 8.18. The van der Waals surface area contributed by atoms with Crippen LogP contribution in [0.4, 0.5) is 0 Å². The van der Waals surface area contributed by atoms with Gasteiger partial charge in [-0.05, 0) is 44.0 Å². The Bertz CT molecular complexity index is 1050. The second-order valence-corrected chi connectivity index (χ2v) is 6.24. The molecule has 3 aromatic rings. The molecular weight excluding hydrogens is 332 g/mol. The number of benzene rings is 2. The molecule has 3 rings (SSSR count). The van der Waals surface area contributed by atoms with Crippen molar-refractivity contribution in [2.75, 3.05) is 6.61 Å². The molecule has 0 saturated heterocycles. The van der Waals surface area contributed by atoms with E-state index in [-0.39, 0.29) is 17.0 Å². The molecular formula is C21H18O5. The van der Waals surface area contributed by atoms with Crippen molar-refractivity contribution in [3.05, 3.63) is 80.7 Å². The predicted molar refractivity (Wildman–Crippen MR) is 97.8 cm³/mol. The van der Waals surface area contributed by atoms with Gasteiger partial charge in [-0.3, -0.25) is 9.59 Å². The number of carbonyl (C=O) groups excluding carboxylic acids is 2. The van der Waals surface area contributed by atoms with Crippen LogP contribution in [0.5, 0.6) is 0 Å². The third-order valence-corrected chi connectivity index (χ3v) is 4.13. The highest BCUT2D eigenvalue weighted by molar-refractivity contribution is 6.01. The zero-order valence-corrected chi connectivity index (χ0v) is 14.8. The zero-order chi connectivity index (χ0) is 18.8. The molecule has 1 heterocycles. The van der Waals surface area contributed by atoms with Gasteiger partial charge < -0.3 is 9.15 Å². The molecule has 132 valence electrons. The molecule has 5 heteroatoms. The minimum absolute atomic E-state index is 0.223. The van der Waals surface area contributed by atoms with E-state index in [1.807, 2.05) is 32.9 Å². The highest BCUT2D eigenvalue weighted by Gasteiger charge is 2.18. The van der Waals surface area contributed by atoms with E-state index in [2.05, 4.69) is 0 Å². The van der Waals surface area contributed by atoms with E-state index in [1.165, 1.54) is 0 Å². The molecule has 0 spiro atoms. The van der Waals surface area contributed by atoms with E-state index in [0.29, 0.717) is 16.5 Å². The number of fused-ring (bicyclic) bond motifs is 1. The summed E-state index contributed by atoms with van der Waals surface area (Å²) in [5.74, 6) is -1.36. The summed E-state index contributed by atoms with van der Waals surface area (Å²) in [7, 11) is 0. The van der Waals surface area contributed by atoms with Crippen LogP contribution in [-0.4, -0.2) is 18.4 Å². The van der Waals surface area contributed by atoms with Gasteiger partial charge in [0.2, 0.25) is 11.5 Å². The van der Waals surface area contributed by atoms with Gasteiger partial charge >= 0.3 is 5.97 Å². The quantitative estimate of drug-likeness (QED) is 0.529. The molecule has 0 N–H and O–H groups in total. The minimum Gasteiger partial charge on any atom is -0.451 e. The highest BCUT2D eigenvalue weighted by Crippen LogP contribution is 2.18. The standard InChI is InChI=1S/C21H18O5/c1-12-8-13(2)20(14(3)9-12)17(23)11-25-21(24)19-10-16(22)15-6-4-5-7-18(15)26-19/h4-10H,11H2,1-3H3. The monoisotopic (exact) mass is 350 g/mol. The number of para-hydroxylation sites is 1. The average Bonchev–Trinajstić information content (AvgIpc) is 2.58. The van der Waals surface area contributed by atoms with Crippen LogP contribution >= 0.6 is 0 Å². The van der Waals surface area contributed by atoms with Gasteiger partial charge in [0.15, 0.2) is 12.0 Å². The van der Waals surface area contributed by atoms with Crippen LogP contribution in [0.2, 0.25) is 0 Å². The molecule has 5 nitrogen and oxygen atoms in total. The van der Waals surface area contributed by atoms with Crippen molar-refractivity contribution in [1.82, 2.24) is 0 Å².